The normalized spacial score (nSPS) is 32.3. The fourth-order valence-corrected chi connectivity index (χ4v) is 3.41. The Labute approximate surface area is 110 Å². The number of hydrogen-bond donors (Lipinski definition) is 1. The first kappa shape index (κ1) is 12.5. The van der Waals surface area contributed by atoms with Gasteiger partial charge >= 0.3 is 0 Å². The molecule has 3 heteroatoms. The summed E-state index contributed by atoms with van der Waals surface area (Å²) in [7, 11) is 0. The summed E-state index contributed by atoms with van der Waals surface area (Å²) in [5, 5.41) is 0. The first-order valence-electron chi connectivity index (χ1n) is 7.80. The number of nitrogens with zero attached hydrogens (tertiary/aromatic N) is 1. The van der Waals surface area contributed by atoms with Crippen molar-refractivity contribution in [2.24, 2.45) is 23.5 Å². The highest BCUT2D eigenvalue weighted by Gasteiger charge is 2.41. The monoisotopic (exact) mass is 250 g/mol. The maximum atomic E-state index is 12.8. The van der Waals surface area contributed by atoms with E-state index >= 15 is 0 Å². The number of amides is 1. The summed E-state index contributed by atoms with van der Waals surface area (Å²) in [5.74, 6) is 1.95. The topological polar surface area (TPSA) is 46.3 Å². The van der Waals surface area contributed by atoms with Crippen LogP contribution in [0.3, 0.4) is 0 Å². The Hall–Kier alpha value is -0.570. The fourth-order valence-electron chi connectivity index (χ4n) is 3.41. The summed E-state index contributed by atoms with van der Waals surface area (Å²) < 4.78 is 0. The van der Waals surface area contributed by atoms with Gasteiger partial charge in [0.05, 0.1) is 0 Å². The van der Waals surface area contributed by atoms with Gasteiger partial charge in [0.15, 0.2) is 0 Å². The van der Waals surface area contributed by atoms with Crippen LogP contribution < -0.4 is 5.73 Å². The van der Waals surface area contributed by atoms with E-state index in [1.807, 2.05) is 0 Å². The van der Waals surface area contributed by atoms with E-state index in [0.717, 1.165) is 25.3 Å². The van der Waals surface area contributed by atoms with E-state index in [-0.39, 0.29) is 5.92 Å². The molecule has 102 valence electrons. The number of nitrogens with two attached hydrogens (primary N) is 1. The third-order valence-electron chi connectivity index (χ3n) is 4.95. The Balaban J connectivity index is 1.65. The van der Waals surface area contributed by atoms with Gasteiger partial charge in [0, 0.05) is 18.5 Å². The number of carbonyl (C=O) groups excluding carboxylic acids is 1. The Morgan fingerprint density at radius 3 is 2.39 bits per heavy atom. The minimum atomic E-state index is 0.239. The van der Waals surface area contributed by atoms with Gasteiger partial charge in [0.25, 0.3) is 0 Å². The fraction of sp³-hybridized carbons (Fsp3) is 0.933. The van der Waals surface area contributed by atoms with Crippen LogP contribution in [0.2, 0.25) is 0 Å². The summed E-state index contributed by atoms with van der Waals surface area (Å²) in [6.07, 6.45) is 9.86. The lowest BCUT2D eigenvalue weighted by Crippen LogP contribution is -2.44. The summed E-state index contributed by atoms with van der Waals surface area (Å²) in [5.41, 5.74) is 5.87. The Kier molecular flexibility index (Phi) is 3.60. The van der Waals surface area contributed by atoms with Crippen molar-refractivity contribution in [1.82, 2.24) is 4.90 Å². The van der Waals surface area contributed by atoms with Gasteiger partial charge in [0.1, 0.15) is 0 Å². The smallest absolute Gasteiger partial charge is 0.226 e. The molecular formula is C15H26N2O. The lowest BCUT2D eigenvalue weighted by Gasteiger charge is -2.34. The van der Waals surface area contributed by atoms with E-state index in [1.54, 1.807) is 0 Å². The zero-order valence-electron chi connectivity index (χ0n) is 11.3. The molecule has 0 aliphatic heterocycles. The average molecular weight is 250 g/mol. The zero-order chi connectivity index (χ0) is 12.5. The molecule has 0 bridgehead atoms. The van der Waals surface area contributed by atoms with Crippen LogP contribution in [0.4, 0.5) is 0 Å². The second-order valence-corrected chi connectivity index (χ2v) is 6.55. The standard InChI is InChI=1S/C15H26N2O/c16-9-12-3-1-2-4-14(12)15(18)17(13-7-8-13)10-11-5-6-11/h11-14H,1-10,16H2. The van der Waals surface area contributed by atoms with Gasteiger partial charge < -0.3 is 10.6 Å². The van der Waals surface area contributed by atoms with Crippen LogP contribution in [0.25, 0.3) is 0 Å². The molecule has 3 rings (SSSR count). The lowest BCUT2D eigenvalue weighted by atomic mass is 9.78. The first-order valence-corrected chi connectivity index (χ1v) is 7.80. The van der Waals surface area contributed by atoms with Crippen molar-refractivity contribution >= 4 is 5.91 Å². The molecule has 0 spiro atoms. The number of carbonyl (C=O) groups is 1. The molecule has 0 aromatic carbocycles. The van der Waals surface area contributed by atoms with E-state index < -0.39 is 0 Å². The molecule has 3 aliphatic carbocycles. The van der Waals surface area contributed by atoms with Crippen molar-refractivity contribution in [3.63, 3.8) is 0 Å². The van der Waals surface area contributed by atoms with Crippen LogP contribution in [-0.2, 0) is 4.79 Å². The van der Waals surface area contributed by atoms with Gasteiger partial charge in [-0.2, -0.15) is 0 Å². The maximum absolute atomic E-state index is 12.8. The number of hydrogen-bond acceptors (Lipinski definition) is 2. The molecule has 2 unspecified atom stereocenters. The average Bonchev–Trinajstić information content (AvgIpc) is 3.28. The first-order chi connectivity index (χ1) is 8.79. The molecule has 3 aliphatic rings. The molecule has 0 saturated heterocycles. The van der Waals surface area contributed by atoms with Gasteiger partial charge in [0.2, 0.25) is 5.91 Å². The molecule has 3 fully saturated rings. The van der Waals surface area contributed by atoms with E-state index in [0.29, 0.717) is 24.4 Å². The minimum Gasteiger partial charge on any atom is -0.339 e. The van der Waals surface area contributed by atoms with Crippen molar-refractivity contribution in [2.45, 2.75) is 57.4 Å². The van der Waals surface area contributed by atoms with Crippen LogP contribution in [0.15, 0.2) is 0 Å². The molecule has 0 heterocycles. The summed E-state index contributed by atoms with van der Waals surface area (Å²) in [4.78, 5) is 15.0. The highest BCUT2D eigenvalue weighted by atomic mass is 16.2. The molecule has 18 heavy (non-hydrogen) atoms. The Morgan fingerprint density at radius 2 is 1.78 bits per heavy atom. The molecule has 3 nitrogen and oxygen atoms in total. The molecular weight excluding hydrogens is 224 g/mol. The van der Waals surface area contributed by atoms with Gasteiger partial charge in [-0.15, -0.1) is 0 Å². The maximum Gasteiger partial charge on any atom is 0.226 e. The SMILES string of the molecule is NCC1CCCCC1C(=O)N(CC1CC1)C1CC1. The molecule has 2 N–H and O–H groups in total. The predicted octanol–water partition coefficient (Wildman–Crippen LogP) is 2.15. The van der Waals surface area contributed by atoms with E-state index in [1.165, 1.54) is 38.5 Å². The largest absolute Gasteiger partial charge is 0.339 e. The highest BCUT2D eigenvalue weighted by Crippen LogP contribution is 2.38. The van der Waals surface area contributed by atoms with Gasteiger partial charge in [-0.05, 0) is 56.9 Å². The third kappa shape index (κ3) is 2.71. The van der Waals surface area contributed by atoms with Crippen molar-refractivity contribution in [2.75, 3.05) is 13.1 Å². The van der Waals surface area contributed by atoms with Crippen LogP contribution in [0, 0.1) is 17.8 Å². The molecule has 0 radical (unpaired) electrons. The van der Waals surface area contributed by atoms with Crippen LogP contribution in [0.1, 0.15) is 51.4 Å². The van der Waals surface area contributed by atoms with Crippen LogP contribution in [-0.4, -0.2) is 29.9 Å². The van der Waals surface area contributed by atoms with Crippen molar-refractivity contribution < 1.29 is 4.79 Å². The lowest BCUT2D eigenvalue weighted by molar-refractivity contribution is -0.139. The molecule has 0 aromatic rings. The van der Waals surface area contributed by atoms with Crippen LogP contribution >= 0.6 is 0 Å². The van der Waals surface area contributed by atoms with Crippen molar-refractivity contribution in [1.29, 1.82) is 0 Å². The van der Waals surface area contributed by atoms with Gasteiger partial charge in [-0.3, -0.25) is 4.79 Å². The molecule has 0 aromatic heterocycles. The quantitative estimate of drug-likeness (QED) is 0.812. The van der Waals surface area contributed by atoms with Crippen molar-refractivity contribution in [3.8, 4) is 0 Å². The highest BCUT2D eigenvalue weighted by molar-refractivity contribution is 5.80. The molecule has 1 amide bonds. The minimum absolute atomic E-state index is 0.239. The van der Waals surface area contributed by atoms with Crippen LogP contribution in [0.5, 0.6) is 0 Å². The summed E-state index contributed by atoms with van der Waals surface area (Å²) >= 11 is 0. The van der Waals surface area contributed by atoms with E-state index in [9.17, 15) is 4.79 Å². The summed E-state index contributed by atoms with van der Waals surface area (Å²) in [6.45, 7) is 1.73. The van der Waals surface area contributed by atoms with Gasteiger partial charge in [-0.25, -0.2) is 0 Å². The van der Waals surface area contributed by atoms with Crippen molar-refractivity contribution in [3.05, 3.63) is 0 Å². The molecule has 2 atom stereocenters. The Morgan fingerprint density at radius 1 is 1.06 bits per heavy atom. The Bertz CT molecular complexity index is 306. The third-order valence-corrected chi connectivity index (χ3v) is 4.95. The van der Waals surface area contributed by atoms with Gasteiger partial charge in [-0.1, -0.05) is 12.8 Å². The predicted molar refractivity (Wildman–Crippen MR) is 72.0 cm³/mol. The second-order valence-electron chi connectivity index (χ2n) is 6.55. The number of rotatable bonds is 5. The zero-order valence-corrected chi connectivity index (χ0v) is 11.3. The van der Waals surface area contributed by atoms with E-state index in [2.05, 4.69) is 4.90 Å². The van der Waals surface area contributed by atoms with E-state index in [4.69, 9.17) is 5.73 Å². The second kappa shape index (κ2) is 5.20. The summed E-state index contributed by atoms with van der Waals surface area (Å²) in [6, 6.07) is 0.582. The molecule has 3 saturated carbocycles.